The lowest BCUT2D eigenvalue weighted by Crippen LogP contribution is -2.05. The Labute approximate surface area is 100 Å². The number of hydrogen-bond donors (Lipinski definition) is 0. The molecule has 0 saturated carbocycles. The van der Waals surface area contributed by atoms with Gasteiger partial charge in [0.15, 0.2) is 0 Å². The predicted octanol–water partition coefficient (Wildman–Crippen LogP) is 2.65. The van der Waals surface area contributed by atoms with E-state index < -0.39 is 0 Å². The largest absolute Gasteiger partial charge is 0.249 e. The van der Waals surface area contributed by atoms with E-state index in [1.165, 1.54) is 5.56 Å². The van der Waals surface area contributed by atoms with E-state index in [0.717, 1.165) is 25.2 Å². The molecule has 0 aliphatic carbocycles. The second-order valence-corrected chi connectivity index (χ2v) is 3.89. The van der Waals surface area contributed by atoms with Crippen LogP contribution in [0, 0.1) is 0 Å². The van der Waals surface area contributed by atoms with Crippen LogP contribution in [0.2, 0.25) is 0 Å². The predicted molar refractivity (Wildman–Crippen MR) is 64.3 cm³/mol. The highest BCUT2D eigenvalue weighted by Crippen LogP contribution is 2.05. The Kier molecular flexibility index (Phi) is 3.94. The van der Waals surface area contributed by atoms with Gasteiger partial charge in [0, 0.05) is 6.54 Å². The van der Waals surface area contributed by atoms with Gasteiger partial charge in [0.2, 0.25) is 0 Å². The van der Waals surface area contributed by atoms with E-state index in [1.54, 1.807) is 6.33 Å². The summed E-state index contributed by atoms with van der Waals surface area (Å²) in [6.07, 6.45) is 3.67. The monoisotopic (exact) mass is 235 g/mol. The highest BCUT2D eigenvalue weighted by molar-refractivity contribution is 6.16. The van der Waals surface area contributed by atoms with Gasteiger partial charge in [-0.2, -0.15) is 5.10 Å². The molecule has 0 fully saturated rings. The van der Waals surface area contributed by atoms with Crippen LogP contribution in [0.15, 0.2) is 36.7 Å². The van der Waals surface area contributed by atoms with Gasteiger partial charge in [0.1, 0.15) is 12.2 Å². The molecule has 0 bridgehead atoms. The summed E-state index contributed by atoms with van der Waals surface area (Å²) in [6, 6.07) is 10.4. The average molecular weight is 236 g/mol. The molecule has 16 heavy (non-hydrogen) atoms. The fraction of sp³-hybridized carbons (Fsp3) is 0.333. The first-order chi connectivity index (χ1) is 7.90. The van der Waals surface area contributed by atoms with E-state index in [0.29, 0.717) is 5.88 Å². The fourth-order valence-electron chi connectivity index (χ4n) is 1.66. The Balaban J connectivity index is 1.85. The molecule has 0 N–H and O–H groups in total. The SMILES string of the molecule is ClCc1ncnn1CCCc1ccccc1. The van der Waals surface area contributed by atoms with Gasteiger partial charge in [0.25, 0.3) is 0 Å². The molecule has 0 aliphatic rings. The number of aryl methyl sites for hydroxylation is 2. The molecule has 0 spiro atoms. The molecule has 2 rings (SSSR count). The zero-order valence-electron chi connectivity index (χ0n) is 9.01. The van der Waals surface area contributed by atoms with E-state index in [4.69, 9.17) is 11.6 Å². The molecule has 0 unspecified atom stereocenters. The minimum atomic E-state index is 0.422. The minimum Gasteiger partial charge on any atom is -0.249 e. The third-order valence-electron chi connectivity index (χ3n) is 2.49. The third-order valence-corrected chi connectivity index (χ3v) is 2.73. The third kappa shape index (κ3) is 2.83. The first-order valence-corrected chi connectivity index (χ1v) is 5.90. The summed E-state index contributed by atoms with van der Waals surface area (Å²) in [5, 5.41) is 4.14. The molecule has 1 aromatic heterocycles. The number of halogens is 1. The Morgan fingerprint density at radius 3 is 2.75 bits per heavy atom. The van der Waals surface area contributed by atoms with Crippen LogP contribution < -0.4 is 0 Å². The molecule has 3 nitrogen and oxygen atoms in total. The van der Waals surface area contributed by atoms with Crippen molar-refractivity contribution in [1.29, 1.82) is 0 Å². The first-order valence-electron chi connectivity index (χ1n) is 5.36. The van der Waals surface area contributed by atoms with Crippen LogP contribution in [-0.2, 0) is 18.8 Å². The molecule has 4 heteroatoms. The summed E-state index contributed by atoms with van der Waals surface area (Å²) in [5.41, 5.74) is 1.36. The fourth-order valence-corrected chi connectivity index (χ4v) is 1.86. The van der Waals surface area contributed by atoms with Crippen LogP contribution in [0.4, 0.5) is 0 Å². The summed E-state index contributed by atoms with van der Waals surface area (Å²) in [4.78, 5) is 4.08. The van der Waals surface area contributed by atoms with Crippen LogP contribution in [0.5, 0.6) is 0 Å². The number of rotatable bonds is 5. The van der Waals surface area contributed by atoms with Gasteiger partial charge in [-0.15, -0.1) is 11.6 Å². The maximum absolute atomic E-state index is 5.75. The molecule has 0 atom stereocenters. The van der Waals surface area contributed by atoms with Crippen molar-refractivity contribution in [3.05, 3.63) is 48.0 Å². The van der Waals surface area contributed by atoms with E-state index in [2.05, 4.69) is 34.3 Å². The highest BCUT2D eigenvalue weighted by atomic mass is 35.5. The molecule has 1 heterocycles. The van der Waals surface area contributed by atoms with Gasteiger partial charge in [-0.05, 0) is 18.4 Å². The van der Waals surface area contributed by atoms with Crippen molar-refractivity contribution in [3.63, 3.8) is 0 Å². The van der Waals surface area contributed by atoms with Crippen LogP contribution in [0.25, 0.3) is 0 Å². The Morgan fingerprint density at radius 1 is 1.19 bits per heavy atom. The van der Waals surface area contributed by atoms with Crippen LogP contribution in [0.1, 0.15) is 17.8 Å². The molecule has 2 aromatic rings. The van der Waals surface area contributed by atoms with E-state index >= 15 is 0 Å². The first kappa shape index (κ1) is 11.1. The van der Waals surface area contributed by atoms with Crippen LogP contribution in [0.3, 0.4) is 0 Å². The molecule has 0 aliphatic heterocycles. The van der Waals surface area contributed by atoms with Crippen molar-refractivity contribution in [1.82, 2.24) is 14.8 Å². The van der Waals surface area contributed by atoms with Crippen molar-refractivity contribution in [2.45, 2.75) is 25.3 Å². The maximum Gasteiger partial charge on any atom is 0.141 e. The standard InChI is InChI=1S/C12H14ClN3/c13-9-12-14-10-15-16(12)8-4-7-11-5-2-1-3-6-11/h1-3,5-6,10H,4,7-9H2. The minimum absolute atomic E-state index is 0.422. The number of nitrogens with zero attached hydrogens (tertiary/aromatic N) is 3. The summed E-state index contributed by atoms with van der Waals surface area (Å²) in [7, 11) is 0. The Hall–Kier alpha value is -1.35. The lowest BCUT2D eigenvalue weighted by atomic mass is 10.1. The quantitative estimate of drug-likeness (QED) is 0.746. The molecular formula is C12H14ClN3. The van der Waals surface area contributed by atoms with Gasteiger partial charge < -0.3 is 0 Å². The van der Waals surface area contributed by atoms with Crippen molar-refractivity contribution in [2.75, 3.05) is 0 Å². The van der Waals surface area contributed by atoms with Crippen molar-refractivity contribution >= 4 is 11.6 Å². The lowest BCUT2D eigenvalue weighted by molar-refractivity contribution is 0.560. The van der Waals surface area contributed by atoms with Crippen molar-refractivity contribution < 1.29 is 0 Å². The smallest absolute Gasteiger partial charge is 0.141 e. The Morgan fingerprint density at radius 2 is 2.00 bits per heavy atom. The number of benzene rings is 1. The normalized spacial score (nSPS) is 10.6. The van der Waals surface area contributed by atoms with E-state index in [1.807, 2.05) is 10.7 Å². The molecular weight excluding hydrogens is 222 g/mol. The van der Waals surface area contributed by atoms with Gasteiger partial charge >= 0.3 is 0 Å². The number of hydrogen-bond acceptors (Lipinski definition) is 2. The number of alkyl halides is 1. The molecule has 0 radical (unpaired) electrons. The summed E-state index contributed by atoms with van der Waals surface area (Å²) in [5.74, 6) is 1.26. The van der Waals surface area contributed by atoms with Crippen LogP contribution in [-0.4, -0.2) is 14.8 Å². The molecule has 0 amide bonds. The molecule has 1 aromatic carbocycles. The number of aromatic nitrogens is 3. The van der Waals surface area contributed by atoms with Gasteiger partial charge in [-0.1, -0.05) is 30.3 Å². The van der Waals surface area contributed by atoms with Gasteiger partial charge in [-0.25, -0.2) is 9.67 Å². The summed E-state index contributed by atoms with van der Waals surface area (Å²) >= 11 is 5.75. The topological polar surface area (TPSA) is 30.7 Å². The highest BCUT2D eigenvalue weighted by Gasteiger charge is 2.01. The summed E-state index contributed by atoms with van der Waals surface area (Å²) < 4.78 is 1.87. The van der Waals surface area contributed by atoms with Gasteiger partial charge in [0.05, 0.1) is 5.88 Å². The van der Waals surface area contributed by atoms with Crippen molar-refractivity contribution in [2.24, 2.45) is 0 Å². The average Bonchev–Trinajstić information content (AvgIpc) is 2.78. The summed E-state index contributed by atoms with van der Waals surface area (Å²) in [6.45, 7) is 0.872. The lowest BCUT2D eigenvalue weighted by Gasteiger charge is -2.04. The van der Waals surface area contributed by atoms with E-state index in [-0.39, 0.29) is 0 Å². The maximum atomic E-state index is 5.75. The van der Waals surface area contributed by atoms with Crippen LogP contribution >= 0.6 is 11.6 Å². The Bertz CT molecular complexity index is 425. The zero-order valence-corrected chi connectivity index (χ0v) is 9.77. The second-order valence-electron chi connectivity index (χ2n) is 3.62. The van der Waals surface area contributed by atoms with E-state index in [9.17, 15) is 0 Å². The zero-order chi connectivity index (χ0) is 11.2. The van der Waals surface area contributed by atoms with Crippen molar-refractivity contribution in [3.8, 4) is 0 Å². The molecule has 84 valence electrons. The van der Waals surface area contributed by atoms with Gasteiger partial charge in [-0.3, -0.25) is 0 Å². The second kappa shape index (κ2) is 5.66. The molecule has 0 saturated heterocycles.